The van der Waals surface area contributed by atoms with Gasteiger partial charge in [0.1, 0.15) is 4.21 Å². The van der Waals surface area contributed by atoms with Crippen LogP contribution in [0.1, 0.15) is 0 Å². The zero-order valence-corrected chi connectivity index (χ0v) is 14.1. The first-order chi connectivity index (χ1) is 8.86. The van der Waals surface area contributed by atoms with Crippen molar-refractivity contribution in [2.75, 3.05) is 0 Å². The molecular weight excluding hydrogens is 394 g/mol. The molecule has 0 saturated carbocycles. The van der Waals surface area contributed by atoms with Crippen molar-refractivity contribution in [2.24, 2.45) is 0 Å². The molecule has 1 heterocycles. The molecule has 102 valence electrons. The molecule has 9 heteroatoms. The molecule has 1 unspecified atom stereocenters. The monoisotopic (exact) mass is 394 g/mol. The van der Waals surface area contributed by atoms with E-state index in [2.05, 4.69) is 0 Å². The minimum Gasteiger partial charge on any atom is -0.302 e. The summed E-state index contributed by atoms with van der Waals surface area (Å²) in [6.45, 7) is 0. The highest BCUT2D eigenvalue weighted by Gasteiger charge is 2.23. The van der Waals surface area contributed by atoms with E-state index >= 15 is 0 Å². The molecule has 1 N–H and O–H groups in total. The standard InChI is InChI=1S/C10H3Cl5O2S2/c11-5-4(3-1-2-18-10(3)19(16)17)6(12)8(14)9(15)7(5)13/h1-2H,(H,16,17). The quantitative estimate of drug-likeness (QED) is 0.369. The molecule has 0 radical (unpaired) electrons. The van der Waals surface area contributed by atoms with E-state index in [1.165, 1.54) is 0 Å². The van der Waals surface area contributed by atoms with Crippen molar-refractivity contribution >= 4 is 80.4 Å². The summed E-state index contributed by atoms with van der Waals surface area (Å²) >= 11 is 29.0. The van der Waals surface area contributed by atoms with Gasteiger partial charge in [0.25, 0.3) is 0 Å². The molecule has 0 aliphatic heterocycles. The smallest absolute Gasteiger partial charge is 0.197 e. The lowest BCUT2D eigenvalue weighted by molar-refractivity contribution is 0.567. The van der Waals surface area contributed by atoms with E-state index in [0.29, 0.717) is 11.1 Å². The highest BCUT2D eigenvalue weighted by atomic mass is 35.5. The molecule has 0 spiro atoms. The van der Waals surface area contributed by atoms with E-state index in [1.54, 1.807) is 11.4 Å². The Morgan fingerprint density at radius 1 is 0.947 bits per heavy atom. The summed E-state index contributed by atoms with van der Waals surface area (Å²) < 4.78 is 20.7. The third-order valence-corrected chi connectivity index (χ3v) is 6.50. The first-order valence-electron chi connectivity index (χ1n) is 4.56. The second kappa shape index (κ2) is 6.08. The van der Waals surface area contributed by atoms with Crippen LogP contribution in [-0.2, 0) is 11.1 Å². The average Bonchev–Trinajstić information content (AvgIpc) is 2.83. The van der Waals surface area contributed by atoms with Crippen LogP contribution in [0.4, 0.5) is 0 Å². The van der Waals surface area contributed by atoms with Crippen molar-refractivity contribution in [1.29, 1.82) is 0 Å². The summed E-state index contributed by atoms with van der Waals surface area (Å²) in [5.74, 6) is 0. The molecule has 0 bridgehead atoms. The third kappa shape index (κ3) is 2.78. The molecule has 19 heavy (non-hydrogen) atoms. The van der Waals surface area contributed by atoms with Gasteiger partial charge in [0.05, 0.1) is 25.1 Å². The van der Waals surface area contributed by atoms with Gasteiger partial charge in [-0.3, -0.25) is 0 Å². The zero-order valence-electron chi connectivity index (χ0n) is 8.72. The van der Waals surface area contributed by atoms with E-state index in [-0.39, 0.29) is 29.3 Å². The average molecular weight is 397 g/mol. The second-order valence-corrected chi connectivity index (χ2v) is 7.29. The molecule has 1 atom stereocenters. The summed E-state index contributed by atoms with van der Waals surface area (Å²) in [6, 6.07) is 1.61. The van der Waals surface area contributed by atoms with Gasteiger partial charge in [-0.1, -0.05) is 58.0 Å². The fourth-order valence-corrected chi connectivity index (χ4v) is 4.28. The maximum atomic E-state index is 11.3. The number of rotatable bonds is 2. The summed E-state index contributed by atoms with van der Waals surface area (Å²) in [7, 11) is 0. The van der Waals surface area contributed by atoms with Gasteiger partial charge in [-0.15, -0.1) is 11.3 Å². The van der Waals surface area contributed by atoms with Crippen LogP contribution < -0.4 is 0 Å². The van der Waals surface area contributed by atoms with Gasteiger partial charge in [-0.2, -0.15) is 0 Å². The van der Waals surface area contributed by atoms with Crippen molar-refractivity contribution in [1.82, 2.24) is 0 Å². The first-order valence-corrected chi connectivity index (χ1v) is 8.44. The van der Waals surface area contributed by atoms with Crippen LogP contribution in [0.3, 0.4) is 0 Å². The van der Waals surface area contributed by atoms with E-state index in [4.69, 9.17) is 58.0 Å². The highest BCUT2D eigenvalue weighted by Crippen LogP contribution is 2.49. The van der Waals surface area contributed by atoms with Crippen molar-refractivity contribution < 1.29 is 8.76 Å². The number of hydrogen-bond acceptors (Lipinski definition) is 2. The Morgan fingerprint density at radius 2 is 1.42 bits per heavy atom. The maximum Gasteiger partial charge on any atom is 0.197 e. The van der Waals surface area contributed by atoms with Gasteiger partial charge in [0.15, 0.2) is 11.1 Å². The van der Waals surface area contributed by atoms with Crippen LogP contribution in [-0.4, -0.2) is 8.76 Å². The van der Waals surface area contributed by atoms with Crippen molar-refractivity contribution in [2.45, 2.75) is 4.21 Å². The maximum absolute atomic E-state index is 11.3. The highest BCUT2D eigenvalue weighted by molar-refractivity contribution is 7.82. The lowest BCUT2D eigenvalue weighted by atomic mass is 10.1. The molecule has 0 fully saturated rings. The number of hydrogen-bond donors (Lipinski definition) is 1. The zero-order chi connectivity index (χ0) is 14.3. The normalized spacial score (nSPS) is 12.7. The summed E-state index contributed by atoms with van der Waals surface area (Å²) in [6.07, 6.45) is 0. The predicted molar refractivity (Wildman–Crippen MR) is 83.8 cm³/mol. The Kier molecular flexibility index (Phi) is 5.07. The van der Waals surface area contributed by atoms with Crippen LogP contribution in [0.2, 0.25) is 25.1 Å². The van der Waals surface area contributed by atoms with Crippen LogP contribution in [0.25, 0.3) is 11.1 Å². The number of halogens is 5. The Balaban J connectivity index is 2.83. The van der Waals surface area contributed by atoms with Crippen molar-refractivity contribution in [3.05, 3.63) is 36.6 Å². The van der Waals surface area contributed by atoms with Gasteiger partial charge in [-0.25, -0.2) is 4.21 Å². The second-order valence-electron chi connectivity index (χ2n) is 3.32. The van der Waals surface area contributed by atoms with Gasteiger partial charge in [0.2, 0.25) is 0 Å². The van der Waals surface area contributed by atoms with E-state index in [1.807, 2.05) is 0 Å². The SMILES string of the molecule is O=S(O)c1sccc1-c1c(Cl)c(Cl)c(Cl)c(Cl)c1Cl. The molecule has 0 amide bonds. The summed E-state index contributed by atoms with van der Waals surface area (Å²) in [5, 5.41) is 1.96. The Bertz CT molecular complexity index is 654. The largest absolute Gasteiger partial charge is 0.302 e. The van der Waals surface area contributed by atoms with Crippen molar-refractivity contribution in [3.8, 4) is 11.1 Å². The molecule has 0 aliphatic carbocycles. The molecule has 1 aromatic carbocycles. The van der Waals surface area contributed by atoms with Crippen LogP contribution in [0, 0.1) is 0 Å². The molecule has 2 rings (SSSR count). The van der Waals surface area contributed by atoms with E-state index in [9.17, 15) is 8.76 Å². The minimum absolute atomic E-state index is 0.0454. The van der Waals surface area contributed by atoms with Gasteiger partial charge >= 0.3 is 0 Å². The lowest BCUT2D eigenvalue weighted by Gasteiger charge is -2.12. The Morgan fingerprint density at radius 3 is 1.89 bits per heavy atom. The molecule has 0 aliphatic rings. The number of benzene rings is 1. The Labute approximate surface area is 140 Å². The van der Waals surface area contributed by atoms with Gasteiger partial charge in [0, 0.05) is 11.1 Å². The molecule has 2 nitrogen and oxygen atoms in total. The predicted octanol–water partition coefficient (Wildman–Crippen LogP) is 6.26. The first kappa shape index (κ1) is 15.9. The fraction of sp³-hybridized carbons (Fsp3) is 0. The van der Waals surface area contributed by atoms with E-state index in [0.717, 1.165) is 11.3 Å². The number of thiophene rings is 1. The molecular formula is C10H3Cl5O2S2. The topological polar surface area (TPSA) is 37.3 Å². The summed E-state index contributed by atoms with van der Waals surface area (Å²) in [5.41, 5.74) is 0.697. The van der Waals surface area contributed by atoms with Gasteiger partial charge in [-0.05, 0) is 11.4 Å². The fourth-order valence-electron chi connectivity index (χ4n) is 1.46. The van der Waals surface area contributed by atoms with Crippen LogP contribution in [0.15, 0.2) is 15.7 Å². The van der Waals surface area contributed by atoms with Crippen LogP contribution in [0.5, 0.6) is 0 Å². The molecule has 1 aromatic heterocycles. The van der Waals surface area contributed by atoms with E-state index < -0.39 is 11.1 Å². The lowest BCUT2D eigenvalue weighted by Crippen LogP contribution is -1.91. The summed E-state index contributed by atoms with van der Waals surface area (Å²) in [4.78, 5) is 0. The molecule has 2 aromatic rings. The third-order valence-electron chi connectivity index (χ3n) is 2.27. The van der Waals surface area contributed by atoms with Crippen molar-refractivity contribution in [3.63, 3.8) is 0 Å². The van der Waals surface area contributed by atoms with Gasteiger partial charge < -0.3 is 4.55 Å². The van der Waals surface area contributed by atoms with Crippen LogP contribution >= 0.6 is 69.3 Å². The Hall–Kier alpha value is 0.480. The molecule has 0 saturated heterocycles. The minimum atomic E-state index is -2.16.